The van der Waals surface area contributed by atoms with Crippen LogP contribution in [-0.2, 0) is 0 Å². The summed E-state index contributed by atoms with van der Waals surface area (Å²) in [7, 11) is 0. The van der Waals surface area contributed by atoms with Crippen LogP contribution in [0.25, 0.3) is 20.9 Å². The van der Waals surface area contributed by atoms with E-state index in [9.17, 15) is 9.50 Å². The van der Waals surface area contributed by atoms with Gasteiger partial charge in [-0.2, -0.15) is 4.39 Å². The number of phenols is 1. The van der Waals surface area contributed by atoms with Crippen molar-refractivity contribution in [2.24, 2.45) is 0 Å². The Bertz CT molecular complexity index is 772. The monoisotopic (exact) mass is 289 g/mol. The Balaban J connectivity index is 2.04. The van der Waals surface area contributed by atoms with Gasteiger partial charge in [0.2, 0.25) is 5.95 Å². The first-order valence-electron chi connectivity index (χ1n) is 6.17. The highest BCUT2D eigenvalue weighted by Crippen LogP contribution is 2.31. The molecule has 0 radical (unpaired) electrons. The Morgan fingerprint density at radius 2 is 2.10 bits per heavy atom. The summed E-state index contributed by atoms with van der Waals surface area (Å²) in [5, 5.41) is 13.0. The number of thiazole rings is 1. The van der Waals surface area contributed by atoms with Gasteiger partial charge in [0.25, 0.3) is 0 Å². The van der Waals surface area contributed by atoms with E-state index in [1.54, 1.807) is 30.3 Å². The van der Waals surface area contributed by atoms with Gasteiger partial charge in [0, 0.05) is 6.54 Å². The van der Waals surface area contributed by atoms with Gasteiger partial charge in [-0.05, 0) is 37.3 Å². The van der Waals surface area contributed by atoms with Gasteiger partial charge in [-0.15, -0.1) is 11.3 Å². The first kappa shape index (κ1) is 12.8. The molecule has 2 N–H and O–H groups in total. The zero-order chi connectivity index (χ0) is 14.1. The summed E-state index contributed by atoms with van der Waals surface area (Å²) in [4.78, 5) is 8.33. The summed E-state index contributed by atoms with van der Waals surface area (Å²) in [6.45, 7) is 2.53. The van der Waals surface area contributed by atoms with Crippen LogP contribution in [0.5, 0.6) is 5.75 Å². The normalized spacial score (nSPS) is 10.9. The molecule has 0 spiro atoms. The van der Waals surface area contributed by atoms with Crippen LogP contribution >= 0.6 is 11.3 Å². The van der Waals surface area contributed by atoms with E-state index >= 15 is 0 Å². The molecule has 0 fully saturated rings. The molecule has 1 aromatic carbocycles. The number of anilines is 1. The number of hydrogen-bond acceptors (Lipinski definition) is 5. The first-order valence-corrected chi connectivity index (χ1v) is 6.99. The minimum Gasteiger partial charge on any atom is -0.508 e. The molecule has 0 bridgehead atoms. The summed E-state index contributed by atoms with van der Waals surface area (Å²) in [5.41, 5.74) is 1.64. The van der Waals surface area contributed by atoms with Crippen LogP contribution in [-0.4, -0.2) is 21.6 Å². The number of nitrogens with zero attached hydrogens (tertiary/aromatic N) is 2. The van der Waals surface area contributed by atoms with Gasteiger partial charge in [0.15, 0.2) is 0 Å². The van der Waals surface area contributed by atoms with E-state index in [4.69, 9.17) is 0 Å². The van der Waals surface area contributed by atoms with E-state index < -0.39 is 5.95 Å². The Hall–Kier alpha value is -2.21. The average molecular weight is 289 g/mol. The third-order valence-electron chi connectivity index (χ3n) is 2.81. The molecule has 0 saturated carbocycles. The van der Waals surface area contributed by atoms with E-state index in [1.165, 1.54) is 11.3 Å². The molecular weight excluding hydrogens is 277 g/mol. The van der Waals surface area contributed by atoms with Crippen LogP contribution in [0.4, 0.5) is 10.1 Å². The molecule has 4 nitrogen and oxygen atoms in total. The summed E-state index contributed by atoms with van der Waals surface area (Å²) >= 11 is 1.37. The molecule has 102 valence electrons. The van der Waals surface area contributed by atoms with E-state index in [2.05, 4.69) is 15.3 Å². The second-order valence-corrected chi connectivity index (χ2v) is 5.27. The highest BCUT2D eigenvalue weighted by Gasteiger charge is 2.11. The largest absolute Gasteiger partial charge is 0.508 e. The molecular formula is C14H12FN3OS. The van der Waals surface area contributed by atoms with Crippen molar-refractivity contribution >= 4 is 27.2 Å². The molecule has 0 aliphatic carbocycles. The first-order chi connectivity index (χ1) is 9.67. The predicted octanol–water partition coefficient (Wildman–Crippen LogP) is 3.63. The second-order valence-electron chi connectivity index (χ2n) is 4.24. The summed E-state index contributed by atoms with van der Waals surface area (Å²) in [6.07, 6.45) is 0. The standard InChI is InChI=1S/C14H12FN3OS/c1-2-16-10-5-6-11(17-13(10)15)14-18-9-4-3-8(19)7-12(9)20-14/h3-7,16,19H,2H2,1H3. The molecule has 0 unspecified atom stereocenters. The predicted molar refractivity (Wildman–Crippen MR) is 78.6 cm³/mol. The number of fused-ring (bicyclic) bond motifs is 1. The van der Waals surface area contributed by atoms with Crippen molar-refractivity contribution in [3.63, 3.8) is 0 Å². The van der Waals surface area contributed by atoms with Crippen LogP contribution in [0, 0.1) is 5.95 Å². The Labute approximate surface area is 118 Å². The lowest BCUT2D eigenvalue weighted by molar-refractivity contribution is 0.476. The Kier molecular flexibility index (Phi) is 3.23. The third kappa shape index (κ3) is 2.30. The molecule has 2 heterocycles. The molecule has 0 saturated heterocycles. The van der Waals surface area contributed by atoms with Gasteiger partial charge >= 0.3 is 0 Å². The van der Waals surface area contributed by atoms with Crippen LogP contribution in [0.3, 0.4) is 0 Å². The Morgan fingerprint density at radius 1 is 1.25 bits per heavy atom. The third-order valence-corrected chi connectivity index (χ3v) is 3.85. The maximum atomic E-state index is 13.8. The lowest BCUT2D eigenvalue weighted by Crippen LogP contribution is -2.01. The highest BCUT2D eigenvalue weighted by atomic mass is 32.1. The number of aromatic nitrogens is 2. The number of halogens is 1. The zero-order valence-corrected chi connectivity index (χ0v) is 11.5. The molecule has 20 heavy (non-hydrogen) atoms. The summed E-state index contributed by atoms with van der Waals surface area (Å²) in [5.74, 6) is -0.346. The zero-order valence-electron chi connectivity index (χ0n) is 10.7. The van der Waals surface area contributed by atoms with Crippen molar-refractivity contribution in [1.82, 2.24) is 9.97 Å². The second kappa shape index (κ2) is 5.05. The molecule has 0 aliphatic heterocycles. The number of rotatable bonds is 3. The number of pyridine rings is 1. The van der Waals surface area contributed by atoms with Gasteiger partial charge in [0.05, 0.1) is 15.9 Å². The molecule has 3 aromatic rings. The lowest BCUT2D eigenvalue weighted by atomic mass is 10.3. The number of phenolic OH excluding ortho intramolecular Hbond substituents is 1. The van der Waals surface area contributed by atoms with E-state index in [-0.39, 0.29) is 5.75 Å². The SMILES string of the molecule is CCNc1ccc(-c2nc3ccc(O)cc3s2)nc1F. The highest BCUT2D eigenvalue weighted by molar-refractivity contribution is 7.21. The Morgan fingerprint density at radius 3 is 2.85 bits per heavy atom. The molecule has 6 heteroatoms. The fraction of sp³-hybridized carbons (Fsp3) is 0.143. The number of benzene rings is 1. The van der Waals surface area contributed by atoms with Crippen LogP contribution in [0.15, 0.2) is 30.3 Å². The van der Waals surface area contributed by atoms with Gasteiger partial charge in [-0.25, -0.2) is 9.97 Å². The van der Waals surface area contributed by atoms with Crippen LogP contribution in [0.2, 0.25) is 0 Å². The fourth-order valence-electron chi connectivity index (χ4n) is 1.90. The summed E-state index contributed by atoms with van der Waals surface area (Å²) < 4.78 is 14.7. The molecule has 0 atom stereocenters. The van der Waals surface area contributed by atoms with Crippen molar-refractivity contribution in [3.05, 3.63) is 36.3 Å². The van der Waals surface area contributed by atoms with Crippen molar-refractivity contribution < 1.29 is 9.50 Å². The fourth-order valence-corrected chi connectivity index (χ4v) is 2.87. The topological polar surface area (TPSA) is 58.0 Å². The van der Waals surface area contributed by atoms with Gasteiger partial charge in [-0.1, -0.05) is 0 Å². The maximum Gasteiger partial charge on any atom is 0.236 e. The minimum absolute atomic E-state index is 0.189. The number of aromatic hydroxyl groups is 1. The molecule has 0 aliphatic rings. The summed E-state index contributed by atoms with van der Waals surface area (Å²) in [6, 6.07) is 8.34. The average Bonchev–Trinajstić information content (AvgIpc) is 2.84. The van der Waals surface area contributed by atoms with E-state index in [1.807, 2.05) is 6.92 Å². The quantitative estimate of drug-likeness (QED) is 0.723. The van der Waals surface area contributed by atoms with E-state index in [0.717, 1.165) is 10.2 Å². The number of nitrogens with one attached hydrogen (secondary N) is 1. The van der Waals surface area contributed by atoms with Crippen molar-refractivity contribution in [2.45, 2.75) is 6.92 Å². The van der Waals surface area contributed by atoms with Crippen LogP contribution in [0.1, 0.15) is 6.92 Å². The van der Waals surface area contributed by atoms with Gasteiger partial charge in [-0.3, -0.25) is 0 Å². The smallest absolute Gasteiger partial charge is 0.236 e. The van der Waals surface area contributed by atoms with Crippen molar-refractivity contribution in [2.75, 3.05) is 11.9 Å². The van der Waals surface area contributed by atoms with Gasteiger partial charge in [0.1, 0.15) is 16.5 Å². The maximum absolute atomic E-state index is 13.8. The molecule has 0 amide bonds. The minimum atomic E-state index is -0.536. The van der Waals surface area contributed by atoms with Crippen LogP contribution < -0.4 is 5.32 Å². The van der Waals surface area contributed by atoms with Gasteiger partial charge < -0.3 is 10.4 Å². The number of hydrogen-bond donors (Lipinski definition) is 2. The lowest BCUT2D eigenvalue weighted by Gasteiger charge is -2.04. The van der Waals surface area contributed by atoms with Crippen molar-refractivity contribution in [3.8, 4) is 16.5 Å². The van der Waals surface area contributed by atoms with Crippen molar-refractivity contribution in [1.29, 1.82) is 0 Å². The molecule has 2 aromatic heterocycles. The molecule has 3 rings (SSSR count). The van der Waals surface area contributed by atoms with E-state index in [0.29, 0.717) is 22.9 Å².